The summed E-state index contributed by atoms with van der Waals surface area (Å²) in [7, 11) is 0. The Labute approximate surface area is 93.2 Å². The van der Waals surface area contributed by atoms with Gasteiger partial charge in [0.15, 0.2) is 0 Å². The van der Waals surface area contributed by atoms with Crippen molar-refractivity contribution in [3.8, 4) is 0 Å². The van der Waals surface area contributed by atoms with Crippen molar-refractivity contribution in [3.63, 3.8) is 0 Å². The van der Waals surface area contributed by atoms with Gasteiger partial charge in [0.05, 0.1) is 0 Å². The highest BCUT2D eigenvalue weighted by Crippen LogP contribution is 2.12. The molecule has 82 valence electrons. The first-order valence-electron chi connectivity index (χ1n) is 5.54. The van der Waals surface area contributed by atoms with Crippen LogP contribution in [-0.4, -0.2) is 6.54 Å². The van der Waals surface area contributed by atoms with Crippen molar-refractivity contribution in [2.24, 2.45) is 0 Å². The van der Waals surface area contributed by atoms with E-state index in [-0.39, 0.29) is 0 Å². The van der Waals surface area contributed by atoms with E-state index in [0.717, 1.165) is 13.0 Å². The predicted molar refractivity (Wildman–Crippen MR) is 67.0 cm³/mol. The van der Waals surface area contributed by atoms with Gasteiger partial charge in [0, 0.05) is 6.04 Å². The van der Waals surface area contributed by atoms with Gasteiger partial charge < -0.3 is 5.32 Å². The Morgan fingerprint density at radius 2 is 1.93 bits per heavy atom. The predicted octanol–water partition coefficient (Wildman–Crippen LogP) is 3.61. The molecule has 0 spiro atoms. The van der Waals surface area contributed by atoms with Crippen molar-refractivity contribution >= 4 is 0 Å². The van der Waals surface area contributed by atoms with Crippen LogP contribution in [0.1, 0.15) is 37.4 Å². The molecule has 0 unspecified atom stereocenters. The number of hydrogen-bond acceptors (Lipinski definition) is 1. The van der Waals surface area contributed by atoms with E-state index in [9.17, 15) is 0 Å². The molecule has 0 aromatic heterocycles. The zero-order valence-electron chi connectivity index (χ0n) is 10.0. The first-order chi connectivity index (χ1) is 7.09. The lowest BCUT2D eigenvalue weighted by atomic mass is 10.1. The Kier molecular flexibility index (Phi) is 4.57. The van der Waals surface area contributed by atoms with E-state index in [1.54, 1.807) is 0 Å². The summed E-state index contributed by atoms with van der Waals surface area (Å²) in [4.78, 5) is 0. The lowest BCUT2D eigenvalue weighted by molar-refractivity contribution is 0.576. The summed E-state index contributed by atoms with van der Waals surface area (Å²) in [6, 6.07) is 9.12. The molecule has 0 heterocycles. The summed E-state index contributed by atoms with van der Waals surface area (Å²) in [6.07, 6.45) is 1.05. The maximum absolute atomic E-state index is 3.90. The van der Waals surface area contributed by atoms with E-state index >= 15 is 0 Å². The topological polar surface area (TPSA) is 12.0 Å². The average molecular weight is 203 g/mol. The summed E-state index contributed by atoms with van der Waals surface area (Å²) in [5.74, 6) is 0. The van der Waals surface area contributed by atoms with Gasteiger partial charge >= 0.3 is 0 Å². The summed E-state index contributed by atoms with van der Waals surface area (Å²) >= 11 is 0. The highest BCUT2D eigenvalue weighted by atomic mass is 14.9. The molecule has 0 fully saturated rings. The third kappa shape index (κ3) is 4.30. The van der Waals surface area contributed by atoms with Crippen LogP contribution in [-0.2, 0) is 0 Å². The third-order valence-corrected chi connectivity index (χ3v) is 2.58. The van der Waals surface area contributed by atoms with Crippen molar-refractivity contribution in [1.29, 1.82) is 0 Å². The SMILES string of the molecule is C=C(C)CCN[C@H](C)c1ccc(C)cc1. The van der Waals surface area contributed by atoms with Gasteiger partial charge in [-0.15, -0.1) is 6.58 Å². The second kappa shape index (κ2) is 5.72. The van der Waals surface area contributed by atoms with Crippen molar-refractivity contribution in [1.82, 2.24) is 5.32 Å². The number of benzene rings is 1. The second-order valence-electron chi connectivity index (χ2n) is 4.29. The fraction of sp³-hybridized carbons (Fsp3) is 0.429. The van der Waals surface area contributed by atoms with Crippen LogP contribution in [0.2, 0.25) is 0 Å². The standard InChI is InChI=1S/C14H21N/c1-11(2)9-10-15-13(4)14-7-5-12(3)6-8-14/h5-8,13,15H,1,9-10H2,2-4H3/t13-/m1/s1. The van der Waals surface area contributed by atoms with Crippen LogP contribution in [0.15, 0.2) is 36.4 Å². The third-order valence-electron chi connectivity index (χ3n) is 2.58. The Bertz CT molecular complexity index is 311. The highest BCUT2D eigenvalue weighted by Gasteiger charge is 2.02. The second-order valence-corrected chi connectivity index (χ2v) is 4.29. The molecule has 1 N–H and O–H groups in total. The van der Waals surface area contributed by atoms with E-state index < -0.39 is 0 Å². The fourth-order valence-electron chi connectivity index (χ4n) is 1.48. The monoisotopic (exact) mass is 203 g/mol. The van der Waals surface area contributed by atoms with Crippen LogP contribution >= 0.6 is 0 Å². The summed E-state index contributed by atoms with van der Waals surface area (Å²) in [6.45, 7) is 11.3. The van der Waals surface area contributed by atoms with E-state index in [1.165, 1.54) is 16.7 Å². The first kappa shape index (κ1) is 12.0. The minimum atomic E-state index is 0.421. The van der Waals surface area contributed by atoms with Crippen molar-refractivity contribution in [3.05, 3.63) is 47.5 Å². The van der Waals surface area contributed by atoms with Gasteiger partial charge in [-0.05, 0) is 39.3 Å². The molecular weight excluding hydrogens is 182 g/mol. The van der Waals surface area contributed by atoms with Crippen LogP contribution in [0.5, 0.6) is 0 Å². The molecule has 1 nitrogen and oxygen atoms in total. The van der Waals surface area contributed by atoms with Crippen LogP contribution in [0.25, 0.3) is 0 Å². The smallest absolute Gasteiger partial charge is 0.0291 e. The molecule has 0 radical (unpaired) electrons. The quantitative estimate of drug-likeness (QED) is 0.721. The van der Waals surface area contributed by atoms with E-state index in [1.807, 2.05) is 0 Å². The van der Waals surface area contributed by atoms with Gasteiger partial charge in [0.1, 0.15) is 0 Å². The van der Waals surface area contributed by atoms with Gasteiger partial charge in [-0.3, -0.25) is 0 Å². The largest absolute Gasteiger partial charge is 0.310 e. The molecule has 1 aromatic carbocycles. The molecular formula is C14H21N. The minimum Gasteiger partial charge on any atom is -0.310 e. The Morgan fingerprint density at radius 3 is 2.47 bits per heavy atom. The van der Waals surface area contributed by atoms with Gasteiger partial charge in [-0.25, -0.2) is 0 Å². The van der Waals surface area contributed by atoms with Crippen molar-refractivity contribution < 1.29 is 0 Å². The number of nitrogens with one attached hydrogen (secondary N) is 1. The maximum Gasteiger partial charge on any atom is 0.0291 e. The number of aryl methyl sites for hydroxylation is 1. The minimum absolute atomic E-state index is 0.421. The summed E-state index contributed by atoms with van der Waals surface area (Å²) in [5, 5.41) is 3.49. The first-order valence-corrected chi connectivity index (χ1v) is 5.54. The van der Waals surface area contributed by atoms with E-state index in [2.05, 4.69) is 56.9 Å². The normalized spacial score (nSPS) is 12.5. The molecule has 0 aliphatic carbocycles. The zero-order chi connectivity index (χ0) is 11.3. The molecule has 15 heavy (non-hydrogen) atoms. The van der Waals surface area contributed by atoms with Crippen molar-refractivity contribution in [2.45, 2.75) is 33.2 Å². The zero-order valence-corrected chi connectivity index (χ0v) is 10.0. The van der Waals surface area contributed by atoms with E-state index in [4.69, 9.17) is 0 Å². The van der Waals surface area contributed by atoms with Crippen LogP contribution in [0.3, 0.4) is 0 Å². The molecule has 0 aliphatic heterocycles. The van der Waals surface area contributed by atoms with E-state index in [0.29, 0.717) is 6.04 Å². The number of hydrogen-bond donors (Lipinski definition) is 1. The molecule has 0 amide bonds. The Morgan fingerprint density at radius 1 is 1.33 bits per heavy atom. The molecule has 0 saturated heterocycles. The van der Waals surface area contributed by atoms with Crippen LogP contribution in [0, 0.1) is 6.92 Å². The lowest BCUT2D eigenvalue weighted by Crippen LogP contribution is -2.19. The molecule has 0 aliphatic rings. The Hall–Kier alpha value is -1.08. The van der Waals surface area contributed by atoms with Gasteiger partial charge in [0.25, 0.3) is 0 Å². The Balaban J connectivity index is 2.43. The molecule has 0 bridgehead atoms. The number of rotatable bonds is 5. The molecule has 1 atom stereocenters. The summed E-state index contributed by atoms with van der Waals surface area (Å²) in [5.41, 5.74) is 3.90. The van der Waals surface area contributed by atoms with Gasteiger partial charge in [-0.1, -0.05) is 35.4 Å². The molecule has 1 aromatic rings. The molecule has 1 heteroatoms. The fourth-order valence-corrected chi connectivity index (χ4v) is 1.48. The van der Waals surface area contributed by atoms with Crippen LogP contribution in [0.4, 0.5) is 0 Å². The highest BCUT2D eigenvalue weighted by molar-refractivity contribution is 5.23. The average Bonchev–Trinajstić information content (AvgIpc) is 2.18. The van der Waals surface area contributed by atoms with Gasteiger partial charge in [-0.2, -0.15) is 0 Å². The lowest BCUT2D eigenvalue weighted by Gasteiger charge is -2.14. The van der Waals surface area contributed by atoms with Crippen LogP contribution < -0.4 is 5.32 Å². The van der Waals surface area contributed by atoms with Gasteiger partial charge in [0.2, 0.25) is 0 Å². The maximum atomic E-state index is 3.90. The molecule has 1 rings (SSSR count). The summed E-state index contributed by atoms with van der Waals surface area (Å²) < 4.78 is 0. The molecule has 0 saturated carbocycles. The van der Waals surface area contributed by atoms with Crippen molar-refractivity contribution in [2.75, 3.05) is 6.54 Å².